The molecule has 2 N–H and O–H groups in total. The van der Waals surface area contributed by atoms with E-state index < -0.39 is 0 Å². The SMILES string of the molecule is Cc1cc(NO)nc2ccccc12. The molecular formula is C10H10N2O. The summed E-state index contributed by atoms with van der Waals surface area (Å²) >= 11 is 0. The number of rotatable bonds is 1. The molecule has 13 heavy (non-hydrogen) atoms. The van der Waals surface area contributed by atoms with Crippen LogP contribution in [-0.2, 0) is 0 Å². The Morgan fingerprint density at radius 3 is 2.85 bits per heavy atom. The van der Waals surface area contributed by atoms with E-state index >= 15 is 0 Å². The maximum absolute atomic E-state index is 8.71. The Morgan fingerprint density at radius 1 is 1.31 bits per heavy atom. The van der Waals surface area contributed by atoms with Crippen LogP contribution in [0.1, 0.15) is 5.56 Å². The summed E-state index contributed by atoms with van der Waals surface area (Å²) in [5.41, 5.74) is 4.04. The van der Waals surface area contributed by atoms with Gasteiger partial charge in [0, 0.05) is 5.39 Å². The minimum absolute atomic E-state index is 0.483. The van der Waals surface area contributed by atoms with Crippen molar-refractivity contribution in [2.45, 2.75) is 6.92 Å². The van der Waals surface area contributed by atoms with Crippen molar-refractivity contribution < 1.29 is 5.21 Å². The van der Waals surface area contributed by atoms with Gasteiger partial charge in [-0.05, 0) is 24.6 Å². The maximum Gasteiger partial charge on any atom is 0.150 e. The largest absolute Gasteiger partial charge is 0.290 e. The zero-order chi connectivity index (χ0) is 9.26. The predicted octanol–water partition coefficient (Wildman–Crippen LogP) is 2.34. The highest BCUT2D eigenvalue weighted by molar-refractivity contribution is 5.83. The molecule has 3 nitrogen and oxygen atoms in total. The van der Waals surface area contributed by atoms with E-state index in [-0.39, 0.29) is 0 Å². The fraction of sp³-hybridized carbons (Fsp3) is 0.100. The first-order valence-electron chi connectivity index (χ1n) is 4.08. The molecule has 0 spiro atoms. The summed E-state index contributed by atoms with van der Waals surface area (Å²) in [6.07, 6.45) is 0. The summed E-state index contributed by atoms with van der Waals surface area (Å²) in [5, 5.41) is 9.82. The lowest BCUT2D eigenvalue weighted by molar-refractivity contribution is 0.386. The van der Waals surface area contributed by atoms with E-state index in [1.165, 1.54) is 0 Å². The first kappa shape index (κ1) is 8.01. The van der Waals surface area contributed by atoms with E-state index in [1.807, 2.05) is 42.7 Å². The first-order valence-corrected chi connectivity index (χ1v) is 4.08. The molecule has 0 bridgehead atoms. The number of benzene rings is 1. The van der Waals surface area contributed by atoms with Crippen LogP contribution < -0.4 is 5.48 Å². The molecule has 0 aliphatic rings. The number of hydrogen-bond acceptors (Lipinski definition) is 3. The Morgan fingerprint density at radius 2 is 2.08 bits per heavy atom. The second-order valence-corrected chi connectivity index (χ2v) is 2.95. The van der Waals surface area contributed by atoms with Crippen molar-refractivity contribution in [1.82, 2.24) is 4.98 Å². The molecular weight excluding hydrogens is 164 g/mol. The van der Waals surface area contributed by atoms with Crippen molar-refractivity contribution in [3.05, 3.63) is 35.9 Å². The third kappa shape index (κ3) is 1.34. The zero-order valence-corrected chi connectivity index (χ0v) is 7.28. The number of anilines is 1. The minimum Gasteiger partial charge on any atom is -0.290 e. The smallest absolute Gasteiger partial charge is 0.150 e. The van der Waals surface area contributed by atoms with Gasteiger partial charge in [-0.1, -0.05) is 18.2 Å². The summed E-state index contributed by atoms with van der Waals surface area (Å²) in [5.74, 6) is 0.483. The number of para-hydroxylation sites is 1. The summed E-state index contributed by atoms with van der Waals surface area (Å²) in [4.78, 5) is 4.19. The van der Waals surface area contributed by atoms with Crippen LogP contribution in [0.2, 0.25) is 0 Å². The van der Waals surface area contributed by atoms with Crippen molar-refractivity contribution in [2.24, 2.45) is 0 Å². The molecule has 66 valence electrons. The van der Waals surface area contributed by atoms with Gasteiger partial charge in [-0.15, -0.1) is 0 Å². The molecule has 1 aromatic carbocycles. The van der Waals surface area contributed by atoms with Crippen LogP contribution in [0.5, 0.6) is 0 Å². The van der Waals surface area contributed by atoms with E-state index in [2.05, 4.69) is 4.98 Å². The van der Waals surface area contributed by atoms with Gasteiger partial charge in [-0.3, -0.25) is 10.7 Å². The molecule has 0 aliphatic carbocycles. The average Bonchev–Trinajstić information content (AvgIpc) is 2.18. The fourth-order valence-corrected chi connectivity index (χ4v) is 1.41. The number of pyridine rings is 1. The van der Waals surface area contributed by atoms with Crippen LogP contribution in [0.25, 0.3) is 10.9 Å². The summed E-state index contributed by atoms with van der Waals surface area (Å²) in [6, 6.07) is 9.64. The highest BCUT2D eigenvalue weighted by Gasteiger charge is 1.99. The molecule has 0 fully saturated rings. The van der Waals surface area contributed by atoms with Gasteiger partial charge < -0.3 is 0 Å². The Labute approximate surface area is 76.0 Å². The molecule has 0 radical (unpaired) electrons. The molecule has 1 heterocycles. The monoisotopic (exact) mass is 174 g/mol. The Kier molecular flexibility index (Phi) is 1.87. The Balaban J connectivity index is 2.77. The van der Waals surface area contributed by atoms with E-state index in [4.69, 9.17) is 5.21 Å². The molecule has 0 unspecified atom stereocenters. The zero-order valence-electron chi connectivity index (χ0n) is 7.28. The molecule has 1 aromatic heterocycles. The highest BCUT2D eigenvalue weighted by atomic mass is 16.5. The summed E-state index contributed by atoms with van der Waals surface area (Å²) in [6.45, 7) is 1.99. The molecule has 0 atom stereocenters. The number of aryl methyl sites for hydroxylation is 1. The van der Waals surface area contributed by atoms with Crippen molar-refractivity contribution in [3.63, 3.8) is 0 Å². The average molecular weight is 174 g/mol. The van der Waals surface area contributed by atoms with Crippen molar-refractivity contribution in [1.29, 1.82) is 0 Å². The van der Waals surface area contributed by atoms with Gasteiger partial charge >= 0.3 is 0 Å². The molecule has 0 amide bonds. The van der Waals surface area contributed by atoms with E-state index in [0.29, 0.717) is 5.82 Å². The number of nitrogens with zero attached hydrogens (tertiary/aromatic N) is 1. The standard InChI is InChI=1S/C10H10N2O/c1-7-6-10(12-13)11-9-5-3-2-4-8(7)9/h2-6,13H,1H3,(H,11,12). The molecule has 0 saturated carbocycles. The minimum atomic E-state index is 0.483. The van der Waals surface area contributed by atoms with Crippen LogP contribution in [0, 0.1) is 6.92 Å². The topological polar surface area (TPSA) is 45.1 Å². The second kappa shape index (κ2) is 3.03. The quantitative estimate of drug-likeness (QED) is 0.652. The lowest BCUT2D eigenvalue weighted by Gasteiger charge is -2.03. The number of aromatic nitrogens is 1. The van der Waals surface area contributed by atoms with E-state index in [1.54, 1.807) is 0 Å². The maximum atomic E-state index is 8.71. The molecule has 2 rings (SSSR count). The van der Waals surface area contributed by atoms with Gasteiger partial charge in [0.25, 0.3) is 0 Å². The van der Waals surface area contributed by atoms with Gasteiger partial charge in [0.2, 0.25) is 0 Å². The number of hydrogen-bond donors (Lipinski definition) is 2. The van der Waals surface area contributed by atoms with Gasteiger partial charge in [-0.25, -0.2) is 4.98 Å². The van der Waals surface area contributed by atoms with Crippen molar-refractivity contribution in [2.75, 3.05) is 5.48 Å². The first-order chi connectivity index (χ1) is 6.31. The Hall–Kier alpha value is -1.61. The molecule has 3 heteroatoms. The van der Waals surface area contributed by atoms with Crippen LogP contribution in [-0.4, -0.2) is 10.2 Å². The normalized spacial score (nSPS) is 10.3. The fourth-order valence-electron chi connectivity index (χ4n) is 1.41. The summed E-state index contributed by atoms with van der Waals surface area (Å²) < 4.78 is 0. The van der Waals surface area contributed by atoms with Crippen LogP contribution in [0.3, 0.4) is 0 Å². The van der Waals surface area contributed by atoms with Gasteiger partial charge in [0.15, 0.2) is 0 Å². The van der Waals surface area contributed by atoms with Crippen LogP contribution in [0.15, 0.2) is 30.3 Å². The van der Waals surface area contributed by atoms with E-state index in [9.17, 15) is 0 Å². The third-order valence-electron chi connectivity index (χ3n) is 2.04. The van der Waals surface area contributed by atoms with E-state index in [0.717, 1.165) is 16.5 Å². The van der Waals surface area contributed by atoms with Crippen LogP contribution >= 0.6 is 0 Å². The summed E-state index contributed by atoms with van der Waals surface area (Å²) in [7, 11) is 0. The third-order valence-corrected chi connectivity index (χ3v) is 2.04. The van der Waals surface area contributed by atoms with Gasteiger partial charge in [0.1, 0.15) is 5.82 Å². The second-order valence-electron chi connectivity index (χ2n) is 2.95. The lowest BCUT2D eigenvalue weighted by Crippen LogP contribution is -1.94. The van der Waals surface area contributed by atoms with Crippen molar-refractivity contribution >= 4 is 16.7 Å². The number of nitrogens with one attached hydrogen (secondary N) is 1. The molecule has 2 aromatic rings. The van der Waals surface area contributed by atoms with Gasteiger partial charge in [0.05, 0.1) is 5.52 Å². The highest BCUT2D eigenvalue weighted by Crippen LogP contribution is 2.18. The Bertz CT molecular complexity index is 440. The van der Waals surface area contributed by atoms with Crippen LogP contribution in [0.4, 0.5) is 5.82 Å². The number of fused-ring (bicyclic) bond motifs is 1. The van der Waals surface area contributed by atoms with Crippen molar-refractivity contribution in [3.8, 4) is 0 Å². The predicted molar refractivity (Wildman–Crippen MR) is 51.9 cm³/mol. The molecule has 0 aliphatic heterocycles. The van der Waals surface area contributed by atoms with Gasteiger partial charge in [-0.2, -0.15) is 0 Å². The lowest BCUT2D eigenvalue weighted by atomic mass is 10.1. The molecule has 0 saturated heterocycles.